The minimum atomic E-state index is -0.654. The molecule has 0 spiro atoms. The smallest absolute Gasteiger partial charge is 0.350 e. The molecule has 0 radical (unpaired) electrons. The number of nitrogens with zero attached hydrogens (tertiary/aromatic N) is 4. The Morgan fingerprint density at radius 3 is 2.59 bits per heavy atom. The molecule has 2 unspecified atom stereocenters. The molecular weight excluding hydrogens is 522 g/mol. The Kier molecular flexibility index (Phi) is 6.53. The monoisotopic (exact) mass is 550 g/mol. The van der Waals surface area contributed by atoms with Crippen LogP contribution < -0.4 is 10.6 Å². The van der Waals surface area contributed by atoms with Crippen molar-refractivity contribution in [3.8, 4) is 11.1 Å². The van der Waals surface area contributed by atoms with E-state index >= 15 is 0 Å². The van der Waals surface area contributed by atoms with Gasteiger partial charge < -0.3 is 9.80 Å². The first-order chi connectivity index (χ1) is 18.8. The number of hydrogen-bond donors (Lipinski definition) is 0. The zero-order valence-electron chi connectivity index (χ0n) is 21.7. The van der Waals surface area contributed by atoms with Crippen molar-refractivity contribution in [2.45, 2.75) is 56.6 Å². The van der Waals surface area contributed by atoms with Crippen LogP contribution in [0, 0.1) is 18.6 Å². The highest BCUT2D eigenvalue weighted by Gasteiger charge is 2.43. The van der Waals surface area contributed by atoms with Crippen LogP contribution in [0.2, 0.25) is 0 Å². The van der Waals surface area contributed by atoms with Gasteiger partial charge in [0.15, 0.2) is 0 Å². The average Bonchev–Trinajstić information content (AvgIpc) is 2.89. The molecule has 3 aliphatic heterocycles. The normalized spacial score (nSPS) is 20.8. The molecule has 4 heterocycles. The number of piperidine rings is 1. The number of thioether (sulfide) groups is 1. The van der Waals surface area contributed by atoms with E-state index in [1.165, 1.54) is 12.1 Å². The number of halogens is 2. The summed E-state index contributed by atoms with van der Waals surface area (Å²) < 4.78 is 30.3. The van der Waals surface area contributed by atoms with Gasteiger partial charge in [0.05, 0.1) is 17.6 Å². The number of rotatable bonds is 4. The van der Waals surface area contributed by atoms with Crippen LogP contribution in [0.25, 0.3) is 22.0 Å². The van der Waals surface area contributed by atoms with Gasteiger partial charge in [-0.05, 0) is 43.2 Å². The number of aryl methyl sites for hydroxylation is 2. The van der Waals surface area contributed by atoms with Crippen molar-refractivity contribution in [3.05, 3.63) is 64.1 Å². The van der Waals surface area contributed by atoms with Crippen molar-refractivity contribution in [2.24, 2.45) is 0 Å². The van der Waals surface area contributed by atoms with Gasteiger partial charge in [-0.15, -0.1) is 11.8 Å². The molecule has 2 fully saturated rings. The Bertz CT molecular complexity index is 1600. The van der Waals surface area contributed by atoms with Crippen molar-refractivity contribution >= 4 is 40.2 Å². The van der Waals surface area contributed by atoms with Crippen LogP contribution in [-0.4, -0.2) is 57.1 Å². The topological polar surface area (TPSA) is 75.5 Å². The first-order valence-corrected chi connectivity index (χ1v) is 14.2. The molecule has 0 N–H and O–H groups in total. The Balaban J connectivity index is 1.49. The highest BCUT2D eigenvalue weighted by molar-refractivity contribution is 7.99. The van der Waals surface area contributed by atoms with Crippen molar-refractivity contribution in [2.75, 3.05) is 23.7 Å². The van der Waals surface area contributed by atoms with Crippen molar-refractivity contribution in [3.63, 3.8) is 0 Å². The first-order valence-electron chi connectivity index (χ1n) is 13.2. The zero-order chi connectivity index (χ0) is 27.4. The van der Waals surface area contributed by atoms with Gasteiger partial charge >= 0.3 is 5.69 Å². The number of allylic oxidation sites excluding steroid dienone is 1. The average molecular weight is 551 g/mol. The van der Waals surface area contributed by atoms with Crippen molar-refractivity contribution in [1.82, 2.24) is 14.5 Å². The number of benzene rings is 2. The van der Waals surface area contributed by atoms with Crippen LogP contribution in [0.4, 0.5) is 14.6 Å². The summed E-state index contributed by atoms with van der Waals surface area (Å²) in [6.45, 7) is 5.09. The van der Waals surface area contributed by atoms with E-state index in [4.69, 9.17) is 0 Å². The van der Waals surface area contributed by atoms with E-state index < -0.39 is 11.6 Å². The second-order valence-corrected chi connectivity index (χ2v) is 11.5. The largest absolute Gasteiger partial charge is 0.352 e. The number of aromatic nitrogens is 2. The number of carbonyl (C=O) groups excluding carboxylic acids is 2. The van der Waals surface area contributed by atoms with Gasteiger partial charge in [-0.2, -0.15) is 4.98 Å². The predicted molar refractivity (Wildman–Crippen MR) is 147 cm³/mol. The highest BCUT2D eigenvalue weighted by Crippen LogP contribution is 2.44. The van der Waals surface area contributed by atoms with Crippen LogP contribution in [0.5, 0.6) is 0 Å². The Labute approximate surface area is 228 Å². The molecule has 0 aliphatic carbocycles. The van der Waals surface area contributed by atoms with E-state index in [0.717, 1.165) is 28.3 Å². The number of piperazine rings is 1. The number of fused-ring (bicyclic) bond motifs is 2. The minimum absolute atomic E-state index is 0.0952. The summed E-state index contributed by atoms with van der Waals surface area (Å²) >= 11 is 1.55. The second kappa shape index (κ2) is 9.89. The number of Topliss-reactive ketones (excluding diaryl/α,β-unsaturated/α-hetero) is 1. The molecule has 6 rings (SSSR count). The lowest BCUT2D eigenvalue weighted by atomic mass is 9.89. The molecule has 1 aromatic heterocycles. The van der Waals surface area contributed by atoms with Gasteiger partial charge in [0, 0.05) is 65.7 Å². The molecule has 39 heavy (non-hydrogen) atoms. The quantitative estimate of drug-likeness (QED) is 0.447. The number of amides is 1. The van der Waals surface area contributed by atoms with E-state index in [2.05, 4.69) is 4.98 Å². The zero-order valence-corrected chi connectivity index (χ0v) is 22.6. The minimum Gasteiger partial charge on any atom is -0.352 e. The molecule has 0 saturated carbocycles. The standard InChI is InChI=1S/C29H28F2N4O3S/c1-3-4-5-24(37)35-18-12-20(36)13-19(35)15-33(14-18)28-22-10-16(2)25(21-7-6-17(30)11-23(21)31)27-26(22)34(8-9-39-27)29(38)32-28/h4-7,10-11,18-19H,3,8-9,12-15H2,1-2H3/b5-4+. The SMILES string of the molecule is CC/C=C/C(=O)N1C2CC(=O)CC1CN(c1nc(=O)n3c4c(c(-c5ccc(F)cc5F)c(C)cc14)SCC3)C2. The van der Waals surface area contributed by atoms with Crippen LogP contribution in [0.1, 0.15) is 31.7 Å². The summed E-state index contributed by atoms with van der Waals surface area (Å²) in [4.78, 5) is 47.9. The maximum Gasteiger partial charge on any atom is 0.350 e. The van der Waals surface area contributed by atoms with Gasteiger partial charge in [-0.3, -0.25) is 14.2 Å². The van der Waals surface area contributed by atoms with Gasteiger partial charge in [0.1, 0.15) is 23.2 Å². The fourth-order valence-corrected chi connectivity index (χ4v) is 7.46. The van der Waals surface area contributed by atoms with Crippen molar-refractivity contribution in [1.29, 1.82) is 0 Å². The maximum atomic E-state index is 14.9. The fourth-order valence-electron chi connectivity index (χ4n) is 6.21. The summed E-state index contributed by atoms with van der Waals surface area (Å²) in [7, 11) is 0. The predicted octanol–water partition coefficient (Wildman–Crippen LogP) is 4.47. The Morgan fingerprint density at radius 1 is 1.15 bits per heavy atom. The second-order valence-electron chi connectivity index (χ2n) is 10.4. The Hall–Kier alpha value is -3.53. The lowest BCUT2D eigenvalue weighted by Gasteiger charge is -2.49. The van der Waals surface area contributed by atoms with Gasteiger partial charge in [-0.25, -0.2) is 13.6 Å². The molecule has 2 bridgehead atoms. The van der Waals surface area contributed by atoms with Crippen LogP contribution in [-0.2, 0) is 16.1 Å². The molecule has 2 atom stereocenters. The number of anilines is 1. The van der Waals surface area contributed by atoms with Crippen molar-refractivity contribution < 1.29 is 18.4 Å². The fraction of sp³-hybridized carbons (Fsp3) is 0.379. The third kappa shape index (κ3) is 4.34. The molecular formula is C29H28F2N4O3S. The summed E-state index contributed by atoms with van der Waals surface area (Å²) in [5.41, 5.74) is 2.03. The molecule has 202 valence electrons. The number of ketones is 1. The number of hydrogen-bond acceptors (Lipinski definition) is 6. The summed E-state index contributed by atoms with van der Waals surface area (Å²) in [6.07, 6.45) is 4.68. The Morgan fingerprint density at radius 2 is 1.90 bits per heavy atom. The van der Waals surface area contributed by atoms with Gasteiger partial charge in [-0.1, -0.05) is 13.0 Å². The molecule has 2 saturated heterocycles. The molecule has 3 aromatic rings. The lowest BCUT2D eigenvalue weighted by Crippen LogP contribution is -2.64. The first kappa shape index (κ1) is 25.7. The lowest BCUT2D eigenvalue weighted by molar-refractivity contribution is -0.138. The summed E-state index contributed by atoms with van der Waals surface area (Å²) in [5.74, 6) is -0.117. The van der Waals surface area contributed by atoms with E-state index in [1.54, 1.807) is 22.4 Å². The van der Waals surface area contributed by atoms with Gasteiger partial charge in [0.25, 0.3) is 0 Å². The maximum absolute atomic E-state index is 14.9. The van der Waals surface area contributed by atoms with Gasteiger partial charge in [0.2, 0.25) is 5.91 Å². The van der Waals surface area contributed by atoms with Crippen LogP contribution in [0.15, 0.2) is 46.1 Å². The third-order valence-corrected chi connectivity index (χ3v) is 8.86. The molecule has 3 aliphatic rings. The molecule has 2 aromatic carbocycles. The van der Waals surface area contributed by atoms with E-state index in [9.17, 15) is 23.2 Å². The number of carbonyl (C=O) groups is 2. The molecule has 10 heteroatoms. The van der Waals surface area contributed by atoms with E-state index in [-0.39, 0.29) is 47.9 Å². The van der Waals surface area contributed by atoms with Crippen LogP contribution >= 0.6 is 11.8 Å². The van der Waals surface area contributed by atoms with E-state index in [0.29, 0.717) is 42.3 Å². The third-order valence-electron chi connectivity index (χ3n) is 7.78. The molecule has 7 nitrogen and oxygen atoms in total. The highest BCUT2D eigenvalue weighted by atomic mass is 32.2. The summed E-state index contributed by atoms with van der Waals surface area (Å²) in [5, 5.41) is 0.774. The van der Waals surface area contributed by atoms with E-state index in [1.807, 2.05) is 35.8 Å². The molecule has 1 amide bonds. The van der Waals surface area contributed by atoms with Crippen LogP contribution in [0.3, 0.4) is 0 Å². The summed E-state index contributed by atoms with van der Waals surface area (Å²) in [6, 6.07) is 4.85.